The maximum absolute atomic E-state index is 13.4. The van der Waals surface area contributed by atoms with Crippen LogP contribution in [0.3, 0.4) is 0 Å². The molecule has 0 aromatic rings. The van der Waals surface area contributed by atoms with Crippen LogP contribution in [0.15, 0.2) is 85.1 Å². The minimum absolute atomic E-state index is 0.0434. The molecule has 8 unspecified atom stereocenters. The lowest BCUT2D eigenvalue weighted by atomic mass is 9.99. The molecule has 1 fully saturated rings. The van der Waals surface area contributed by atoms with Gasteiger partial charge in [0.1, 0.15) is 24.4 Å². The summed E-state index contributed by atoms with van der Waals surface area (Å²) in [5.41, 5.74) is 0. The number of hydrogen-bond donors (Lipinski definition) is 6. The van der Waals surface area contributed by atoms with Crippen molar-refractivity contribution in [2.24, 2.45) is 0 Å². The van der Waals surface area contributed by atoms with Crippen LogP contribution in [-0.2, 0) is 23.8 Å². The molecule has 0 saturated carbocycles. The van der Waals surface area contributed by atoms with Crippen LogP contribution in [0, 0.1) is 0 Å². The molecule has 1 saturated heterocycles. The number of allylic oxidation sites excluding steroid dienone is 13. The molecule has 1 heterocycles. The summed E-state index contributed by atoms with van der Waals surface area (Å²) in [6.45, 7) is 5.69. The third kappa shape index (κ3) is 38.4. The van der Waals surface area contributed by atoms with Crippen LogP contribution in [0.2, 0.25) is 0 Å². The van der Waals surface area contributed by atoms with Gasteiger partial charge in [0, 0.05) is 6.42 Å². The molecular weight excluding hydrogens is 931 g/mol. The van der Waals surface area contributed by atoms with Gasteiger partial charge in [-0.2, -0.15) is 0 Å². The van der Waals surface area contributed by atoms with Crippen molar-refractivity contribution in [1.82, 2.24) is 5.32 Å². The first kappa shape index (κ1) is 68.9. The van der Waals surface area contributed by atoms with Crippen LogP contribution in [0.1, 0.15) is 239 Å². The lowest BCUT2D eigenvalue weighted by Gasteiger charge is -2.41. The zero-order chi connectivity index (χ0) is 54.0. The summed E-state index contributed by atoms with van der Waals surface area (Å²) >= 11 is 0. The predicted molar refractivity (Wildman–Crippen MR) is 306 cm³/mol. The summed E-state index contributed by atoms with van der Waals surface area (Å²) in [5, 5.41) is 56.9. The van der Waals surface area contributed by atoms with E-state index in [0.717, 1.165) is 96.3 Å². The van der Waals surface area contributed by atoms with E-state index in [0.29, 0.717) is 19.3 Å². The molecular formula is C63H109NO10. The van der Waals surface area contributed by atoms with E-state index in [1.54, 1.807) is 6.08 Å². The van der Waals surface area contributed by atoms with Crippen LogP contribution in [0.4, 0.5) is 0 Å². The number of aliphatic hydroxyl groups excluding tert-OH is 5. The normalized spacial score (nSPS) is 19.9. The number of nitrogens with one attached hydrogen (secondary N) is 1. The molecule has 8 atom stereocenters. The lowest BCUT2D eigenvalue weighted by Crippen LogP contribution is -2.61. The van der Waals surface area contributed by atoms with Gasteiger partial charge in [0.2, 0.25) is 5.91 Å². The molecule has 6 N–H and O–H groups in total. The van der Waals surface area contributed by atoms with Crippen molar-refractivity contribution in [3.63, 3.8) is 0 Å². The number of carbonyl (C=O) groups is 2. The second-order valence-corrected chi connectivity index (χ2v) is 20.4. The standard InChI is InChI=1S/C63H109NO10/c1-4-7-10-13-16-19-22-25-27-29-31-33-36-39-42-45-48-51-58(68)74-61-60(70)59(69)57(52-65)73-63(61)72-53-54(55(66)49-46-43-40-37-34-24-21-18-15-12-9-6-3)64-62(71)56(67)50-47-44-41-38-35-32-30-28-26-23-20-17-14-11-8-5-2/h16-17,19-20,25-28,31,33,39,42,46,49,54-57,59-61,63,65-67,69-70H,4-15,18,21-24,29-30,32,34-38,40-41,43-45,47-48,50-53H2,1-3H3,(H,64,71)/b19-16-,20-17-,27-25-,28-26-,33-31-,42-39-,49-46+. The molecule has 0 aromatic heterocycles. The van der Waals surface area contributed by atoms with Gasteiger partial charge in [0.25, 0.3) is 0 Å². The zero-order valence-electron chi connectivity index (χ0n) is 46.9. The lowest BCUT2D eigenvalue weighted by molar-refractivity contribution is -0.305. The zero-order valence-corrected chi connectivity index (χ0v) is 46.9. The number of rotatable bonds is 49. The van der Waals surface area contributed by atoms with Crippen LogP contribution in [-0.4, -0.2) is 99.6 Å². The Kier molecular flexibility index (Phi) is 47.1. The van der Waals surface area contributed by atoms with Gasteiger partial charge in [-0.1, -0.05) is 221 Å². The van der Waals surface area contributed by atoms with Crippen molar-refractivity contribution in [2.75, 3.05) is 13.2 Å². The summed E-state index contributed by atoms with van der Waals surface area (Å²) in [5.74, 6) is -1.27. The van der Waals surface area contributed by atoms with Crippen molar-refractivity contribution in [1.29, 1.82) is 0 Å². The summed E-state index contributed by atoms with van der Waals surface area (Å²) in [6.07, 6.45) is 54.8. The van der Waals surface area contributed by atoms with Gasteiger partial charge in [-0.25, -0.2) is 0 Å². The Morgan fingerprint density at radius 1 is 0.527 bits per heavy atom. The first-order valence-electron chi connectivity index (χ1n) is 29.9. The van der Waals surface area contributed by atoms with Crippen molar-refractivity contribution < 1.29 is 49.3 Å². The molecule has 11 nitrogen and oxygen atoms in total. The molecule has 74 heavy (non-hydrogen) atoms. The van der Waals surface area contributed by atoms with E-state index in [9.17, 15) is 35.1 Å². The Morgan fingerprint density at radius 3 is 1.42 bits per heavy atom. The average Bonchev–Trinajstić information content (AvgIpc) is 3.40. The van der Waals surface area contributed by atoms with Crippen LogP contribution >= 0.6 is 0 Å². The summed E-state index contributed by atoms with van der Waals surface area (Å²) < 4.78 is 17.5. The SMILES string of the molecule is CCCCC/C=C\C/C=C\C/C=C\C/C=C\CCCC(=O)OC1C(OCC(NC(=O)C(O)CCCCCCCC/C=C\C/C=C\CCCCC)C(O)/C=C/CCCCCCCCCCCC)OC(CO)C(O)C1O. The number of esters is 1. The van der Waals surface area contributed by atoms with Gasteiger partial charge in [0.05, 0.1) is 25.4 Å². The minimum Gasteiger partial charge on any atom is -0.454 e. The van der Waals surface area contributed by atoms with Crippen LogP contribution in [0.5, 0.6) is 0 Å². The fraction of sp³-hybridized carbons (Fsp3) is 0.746. The quantitative estimate of drug-likeness (QED) is 0.0195. The Hall–Kier alpha value is -3.16. The first-order valence-corrected chi connectivity index (χ1v) is 29.9. The highest BCUT2D eigenvalue weighted by molar-refractivity contribution is 5.80. The Labute approximate surface area is 451 Å². The molecule has 0 aromatic carbocycles. The second kappa shape index (κ2) is 50.6. The van der Waals surface area contributed by atoms with E-state index in [4.69, 9.17) is 14.2 Å². The van der Waals surface area contributed by atoms with Gasteiger partial charge < -0.3 is 45.1 Å². The Bertz CT molecular complexity index is 1520. The van der Waals surface area contributed by atoms with Crippen molar-refractivity contribution in [3.05, 3.63) is 85.1 Å². The Balaban J connectivity index is 2.76. The molecule has 1 amide bonds. The smallest absolute Gasteiger partial charge is 0.306 e. The molecule has 1 rings (SSSR count). The largest absolute Gasteiger partial charge is 0.454 e. The van der Waals surface area contributed by atoms with Gasteiger partial charge >= 0.3 is 5.97 Å². The van der Waals surface area contributed by atoms with Gasteiger partial charge in [-0.3, -0.25) is 9.59 Å². The van der Waals surface area contributed by atoms with Crippen LogP contribution < -0.4 is 5.32 Å². The van der Waals surface area contributed by atoms with Gasteiger partial charge in [-0.15, -0.1) is 0 Å². The first-order chi connectivity index (χ1) is 36.2. The number of ether oxygens (including phenoxy) is 3. The van der Waals surface area contributed by atoms with Crippen molar-refractivity contribution in [2.45, 2.75) is 288 Å². The van der Waals surface area contributed by atoms with Gasteiger partial charge in [-0.05, 0) is 96.3 Å². The van der Waals surface area contributed by atoms with E-state index in [1.807, 2.05) is 18.2 Å². The van der Waals surface area contributed by atoms with E-state index in [-0.39, 0.29) is 19.4 Å². The van der Waals surface area contributed by atoms with E-state index < -0.39 is 67.4 Å². The predicted octanol–water partition coefficient (Wildman–Crippen LogP) is 13.8. The average molecular weight is 1040 g/mol. The number of aliphatic hydroxyl groups is 5. The van der Waals surface area contributed by atoms with E-state index in [2.05, 4.69) is 86.8 Å². The molecule has 0 aliphatic carbocycles. The topological polar surface area (TPSA) is 175 Å². The monoisotopic (exact) mass is 1040 g/mol. The molecule has 0 bridgehead atoms. The highest BCUT2D eigenvalue weighted by Crippen LogP contribution is 2.26. The molecule has 11 heteroatoms. The van der Waals surface area contributed by atoms with Crippen molar-refractivity contribution >= 4 is 11.9 Å². The summed E-state index contributed by atoms with van der Waals surface area (Å²) in [7, 11) is 0. The number of amides is 1. The van der Waals surface area contributed by atoms with E-state index in [1.165, 1.54) is 89.9 Å². The van der Waals surface area contributed by atoms with Crippen molar-refractivity contribution in [3.8, 4) is 0 Å². The molecule has 1 aliphatic rings. The number of unbranched alkanes of at least 4 members (excludes halogenated alkanes) is 23. The third-order valence-corrected chi connectivity index (χ3v) is 13.5. The molecule has 0 spiro atoms. The fourth-order valence-corrected chi connectivity index (χ4v) is 8.73. The summed E-state index contributed by atoms with van der Waals surface area (Å²) in [6, 6.07) is -1.04. The molecule has 1 aliphatic heterocycles. The third-order valence-electron chi connectivity index (χ3n) is 13.5. The van der Waals surface area contributed by atoms with Gasteiger partial charge in [0.15, 0.2) is 12.4 Å². The number of carbonyl (C=O) groups excluding carboxylic acids is 2. The summed E-state index contributed by atoms with van der Waals surface area (Å²) in [4.78, 5) is 26.5. The maximum atomic E-state index is 13.4. The Morgan fingerprint density at radius 2 is 0.932 bits per heavy atom. The van der Waals surface area contributed by atoms with Crippen LogP contribution in [0.25, 0.3) is 0 Å². The number of hydrogen-bond acceptors (Lipinski definition) is 10. The maximum Gasteiger partial charge on any atom is 0.306 e. The van der Waals surface area contributed by atoms with E-state index >= 15 is 0 Å². The minimum atomic E-state index is -1.64. The highest BCUT2D eigenvalue weighted by Gasteiger charge is 2.47. The second-order valence-electron chi connectivity index (χ2n) is 20.4. The fourth-order valence-electron chi connectivity index (χ4n) is 8.73. The molecule has 426 valence electrons. The highest BCUT2D eigenvalue weighted by atomic mass is 16.7. The molecule has 0 radical (unpaired) electrons.